The van der Waals surface area contributed by atoms with Crippen LogP contribution in [-0.4, -0.2) is 5.25 Å². The molecule has 0 saturated heterocycles. The van der Waals surface area contributed by atoms with Crippen LogP contribution in [0.1, 0.15) is 58.8 Å². The van der Waals surface area contributed by atoms with Crippen LogP contribution < -0.4 is 9.79 Å². The molecule has 0 aromatic carbocycles. The van der Waals surface area contributed by atoms with Crippen LogP contribution in [-0.2, 0) is 31.3 Å². The third-order valence-corrected chi connectivity index (χ3v) is 5.76. The zero-order valence-corrected chi connectivity index (χ0v) is 15.8. The van der Waals surface area contributed by atoms with Gasteiger partial charge in [-0.2, -0.15) is 17.1 Å². The van der Waals surface area contributed by atoms with Crippen molar-refractivity contribution in [1.82, 2.24) is 0 Å². The van der Waals surface area contributed by atoms with Gasteiger partial charge >= 0.3 is 19.5 Å². The molecule has 0 heterocycles. The van der Waals surface area contributed by atoms with Crippen molar-refractivity contribution in [1.29, 1.82) is 0 Å². The molecule has 0 aliphatic rings. The molecule has 6 heteroatoms. The van der Waals surface area contributed by atoms with E-state index in [0.717, 1.165) is 43.5 Å². The molecule has 0 rings (SSSR count). The Kier molecular flexibility index (Phi) is 14.4. The Hall–Kier alpha value is 1.54. The quantitative estimate of drug-likeness (QED) is 0.370. The number of hydrogen-bond donors (Lipinski definition) is 0. The average Bonchev–Trinajstić information content (AvgIpc) is 2.12. The van der Waals surface area contributed by atoms with E-state index in [9.17, 15) is 9.79 Å². The summed E-state index contributed by atoms with van der Waals surface area (Å²) in [5.74, 6) is 0. The normalized spacial score (nSPS) is 13.2. The van der Waals surface area contributed by atoms with Gasteiger partial charge in [-0.1, -0.05) is 46.0 Å². The molecule has 0 saturated carbocycles. The van der Waals surface area contributed by atoms with Gasteiger partial charge in [0.05, 0.1) is 0 Å². The second-order valence-electron chi connectivity index (χ2n) is 3.81. The molecule has 92 valence electrons. The van der Waals surface area contributed by atoms with Gasteiger partial charge in [0.25, 0.3) is 0 Å². The molecule has 0 spiro atoms. The molecule has 0 N–H and O–H groups in total. The van der Waals surface area contributed by atoms with E-state index in [4.69, 9.17) is 0 Å². The molecule has 0 fully saturated rings. The van der Waals surface area contributed by atoms with Crippen LogP contribution in [0.2, 0.25) is 0 Å². The SMILES string of the molecule is CCCCCC(CCCC)SP([O-])([O-])=S.[Zn+2]. The van der Waals surface area contributed by atoms with E-state index in [1.807, 2.05) is 0 Å². The number of unbranched alkanes of at least 4 members (excludes halogenated alkanes) is 3. The average molecular weight is 334 g/mol. The van der Waals surface area contributed by atoms with Gasteiger partial charge in [-0.3, -0.25) is 0 Å². The first-order valence-corrected chi connectivity index (χ1v) is 9.82. The molecule has 0 amide bonds. The summed E-state index contributed by atoms with van der Waals surface area (Å²) in [6.07, 6.45) is 7.66. The van der Waals surface area contributed by atoms with Crippen LogP contribution >= 0.6 is 17.1 Å². The summed E-state index contributed by atoms with van der Waals surface area (Å²) >= 11 is 5.46. The van der Waals surface area contributed by atoms with Crippen molar-refractivity contribution in [3.8, 4) is 0 Å². The van der Waals surface area contributed by atoms with Crippen LogP contribution in [0.25, 0.3) is 0 Å². The second kappa shape index (κ2) is 11.6. The smallest absolute Gasteiger partial charge is 0.825 e. The summed E-state index contributed by atoms with van der Waals surface area (Å²) < 4.78 is 0. The largest absolute Gasteiger partial charge is 2.00 e. The fourth-order valence-electron chi connectivity index (χ4n) is 1.49. The first-order chi connectivity index (χ1) is 6.99. The maximum Gasteiger partial charge on any atom is 2.00 e. The fourth-order valence-corrected chi connectivity index (χ4v) is 5.22. The third-order valence-electron chi connectivity index (χ3n) is 2.29. The van der Waals surface area contributed by atoms with Crippen LogP contribution in [0.4, 0.5) is 0 Å². The Morgan fingerprint density at radius 3 is 2.00 bits per heavy atom. The van der Waals surface area contributed by atoms with Crippen LogP contribution in [0.3, 0.4) is 0 Å². The second-order valence-corrected chi connectivity index (χ2v) is 9.79. The van der Waals surface area contributed by atoms with Crippen molar-refractivity contribution in [3.63, 3.8) is 0 Å². The van der Waals surface area contributed by atoms with Gasteiger partial charge in [-0.15, -0.1) is 11.8 Å². The van der Waals surface area contributed by atoms with Crippen molar-refractivity contribution >= 4 is 28.9 Å². The predicted octanol–water partition coefficient (Wildman–Crippen LogP) is 2.80. The van der Waals surface area contributed by atoms with Crippen LogP contribution in [0.15, 0.2) is 0 Å². The summed E-state index contributed by atoms with van der Waals surface area (Å²) in [5.41, 5.74) is -3.56. The maximum absolute atomic E-state index is 11.0. The summed E-state index contributed by atoms with van der Waals surface area (Å²) in [6, 6.07) is 0. The Bertz CT molecular complexity index is 199. The zero-order valence-electron chi connectivity index (χ0n) is 10.3. The molecule has 0 aliphatic carbocycles. The van der Waals surface area contributed by atoms with Crippen molar-refractivity contribution in [2.24, 2.45) is 0 Å². The van der Waals surface area contributed by atoms with E-state index in [2.05, 4.69) is 25.7 Å². The van der Waals surface area contributed by atoms with Crippen molar-refractivity contribution < 1.29 is 29.3 Å². The number of hydrogen-bond acceptors (Lipinski definition) is 4. The van der Waals surface area contributed by atoms with E-state index in [1.54, 1.807) is 0 Å². The fraction of sp³-hybridized carbons (Fsp3) is 1.00. The molecular weight excluding hydrogens is 313 g/mol. The van der Waals surface area contributed by atoms with Gasteiger partial charge in [-0.25, -0.2) is 0 Å². The Morgan fingerprint density at radius 1 is 1.06 bits per heavy atom. The van der Waals surface area contributed by atoms with Crippen molar-refractivity contribution in [2.45, 2.75) is 64.0 Å². The molecule has 0 aromatic heterocycles. The third kappa shape index (κ3) is 13.6. The predicted molar refractivity (Wildman–Crippen MR) is 69.3 cm³/mol. The first-order valence-electron chi connectivity index (χ1n) is 5.70. The van der Waals surface area contributed by atoms with E-state index in [1.165, 1.54) is 12.8 Å². The van der Waals surface area contributed by atoms with Gasteiger partial charge in [-0.05, 0) is 12.8 Å². The van der Waals surface area contributed by atoms with E-state index >= 15 is 0 Å². The molecule has 1 atom stereocenters. The van der Waals surface area contributed by atoms with Crippen LogP contribution in [0, 0.1) is 0 Å². The van der Waals surface area contributed by atoms with Crippen LogP contribution in [0.5, 0.6) is 0 Å². The topological polar surface area (TPSA) is 46.1 Å². The molecule has 0 aromatic rings. The molecule has 0 radical (unpaired) electrons. The van der Waals surface area contributed by atoms with E-state index in [0.29, 0.717) is 0 Å². The molecular formula is C10H21O2PS2Zn. The van der Waals surface area contributed by atoms with Gasteiger partial charge < -0.3 is 9.79 Å². The van der Waals surface area contributed by atoms with Crippen molar-refractivity contribution in [3.05, 3.63) is 0 Å². The minimum Gasteiger partial charge on any atom is -0.825 e. The minimum atomic E-state index is -3.56. The standard InChI is InChI=1S/C10H23O2PS2.Zn/c1-3-5-7-9-10(8-6-4-2)15-13(11,12)14;/h10H,3-9H2,1-2H3,(H2,11,12,14);/q;+2/p-2. The maximum atomic E-state index is 11.0. The summed E-state index contributed by atoms with van der Waals surface area (Å²) in [6.45, 7) is 4.28. The summed E-state index contributed by atoms with van der Waals surface area (Å²) in [7, 11) is 0. The molecule has 0 bridgehead atoms. The van der Waals surface area contributed by atoms with Gasteiger partial charge in [0.2, 0.25) is 0 Å². The first kappa shape index (κ1) is 19.9. The molecule has 2 nitrogen and oxygen atoms in total. The monoisotopic (exact) mass is 332 g/mol. The molecule has 1 unspecified atom stereocenters. The zero-order chi connectivity index (χ0) is 11.7. The summed E-state index contributed by atoms with van der Waals surface area (Å²) in [5, 5.41) is 0.220. The van der Waals surface area contributed by atoms with Gasteiger partial charge in [0, 0.05) is 5.25 Å². The summed E-state index contributed by atoms with van der Waals surface area (Å²) in [4.78, 5) is 22.1. The Morgan fingerprint density at radius 2 is 1.56 bits per heavy atom. The van der Waals surface area contributed by atoms with E-state index < -0.39 is 5.69 Å². The van der Waals surface area contributed by atoms with E-state index in [-0.39, 0.29) is 24.7 Å². The molecule has 16 heavy (non-hydrogen) atoms. The number of rotatable bonds is 9. The molecule has 0 aliphatic heterocycles. The Balaban J connectivity index is 0. The van der Waals surface area contributed by atoms with Crippen molar-refractivity contribution in [2.75, 3.05) is 0 Å². The van der Waals surface area contributed by atoms with Gasteiger partial charge in [0.15, 0.2) is 0 Å². The van der Waals surface area contributed by atoms with Gasteiger partial charge in [0.1, 0.15) is 0 Å². The minimum absolute atomic E-state index is 0. The Labute approximate surface area is 122 Å².